The van der Waals surface area contributed by atoms with Gasteiger partial charge in [0.05, 0.1) is 0 Å². The van der Waals surface area contributed by atoms with Crippen LogP contribution in [0.5, 0.6) is 0 Å². The highest BCUT2D eigenvalue weighted by atomic mass is 16.3. The molecular weight excluding hydrogens is 188 g/mol. The minimum Gasteiger partial charge on any atom is -0.385 e. The summed E-state index contributed by atoms with van der Waals surface area (Å²) >= 11 is 0. The standard InChI is InChI=1S/C13H14O2/c1-3-5-7-8-9-11-13(15)12(14)10-6-4-2/h3-6,10,12-15H,2H2,1H3/b5-3+,10-6+. The first kappa shape index (κ1) is 13.3. The van der Waals surface area contributed by atoms with Crippen LogP contribution in [0.25, 0.3) is 0 Å². The summed E-state index contributed by atoms with van der Waals surface area (Å²) in [5.74, 6) is 10.0. The smallest absolute Gasteiger partial charge is 0.145 e. The van der Waals surface area contributed by atoms with Crippen LogP contribution in [-0.4, -0.2) is 22.4 Å². The highest BCUT2D eigenvalue weighted by Crippen LogP contribution is 1.93. The first-order valence-corrected chi connectivity index (χ1v) is 4.50. The van der Waals surface area contributed by atoms with Gasteiger partial charge in [0.15, 0.2) is 0 Å². The number of aliphatic hydroxyl groups excluding tert-OH is 2. The van der Waals surface area contributed by atoms with Gasteiger partial charge in [0.25, 0.3) is 0 Å². The number of hydrogen-bond acceptors (Lipinski definition) is 2. The van der Waals surface area contributed by atoms with Crippen LogP contribution >= 0.6 is 0 Å². The molecule has 15 heavy (non-hydrogen) atoms. The first-order chi connectivity index (χ1) is 7.22. The van der Waals surface area contributed by atoms with Crippen LogP contribution in [0.15, 0.2) is 37.0 Å². The van der Waals surface area contributed by atoms with Gasteiger partial charge in [-0.15, -0.1) is 0 Å². The predicted molar refractivity (Wildman–Crippen MR) is 61.7 cm³/mol. The van der Waals surface area contributed by atoms with Crippen molar-refractivity contribution in [3.05, 3.63) is 37.0 Å². The van der Waals surface area contributed by atoms with E-state index in [1.165, 1.54) is 12.2 Å². The summed E-state index contributed by atoms with van der Waals surface area (Å²) < 4.78 is 0. The van der Waals surface area contributed by atoms with Crippen LogP contribution < -0.4 is 0 Å². The molecule has 0 saturated carbocycles. The zero-order valence-corrected chi connectivity index (χ0v) is 8.64. The summed E-state index contributed by atoms with van der Waals surface area (Å²) in [6.07, 6.45) is 5.75. The number of allylic oxidation sites excluding steroid dienone is 4. The van der Waals surface area contributed by atoms with Crippen LogP contribution in [0.1, 0.15) is 6.92 Å². The monoisotopic (exact) mass is 202 g/mol. The summed E-state index contributed by atoms with van der Waals surface area (Å²) in [6, 6.07) is 0. The van der Waals surface area contributed by atoms with Crippen LogP contribution in [0.4, 0.5) is 0 Å². The van der Waals surface area contributed by atoms with Gasteiger partial charge in [0.1, 0.15) is 12.2 Å². The van der Waals surface area contributed by atoms with Crippen LogP contribution in [0.3, 0.4) is 0 Å². The number of hydrogen-bond donors (Lipinski definition) is 2. The third-order valence-electron chi connectivity index (χ3n) is 1.37. The van der Waals surface area contributed by atoms with Gasteiger partial charge in [-0.25, -0.2) is 0 Å². The van der Waals surface area contributed by atoms with Crippen LogP contribution in [0, 0.1) is 23.7 Å². The summed E-state index contributed by atoms with van der Waals surface area (Å²) in [5, 5.41) is 18.6. The van der Waals surface area contributed by atoms with Crippen molar-refractivity contribution < 1.29 is 10.2 Å². The Morgan fingerprint density at radius 3 is 2.60 bits per heavy atom. The molecule has 0 spiro atoms. The summed E-state index contributed by atoms with van der Waals surface area (Å²) in [6.45, 7) is 5.29. The van der Waals surface area contributed by atoms with Gasteiger partial charge < -0.3 is 10.2 Å². The lowest BCUT2D eigenvalue weighted by molar-refractivity contribution is 0.0870. The van der Waals surface area contributed by atoms with Crippen LogP contribution in [-0.2, 0) is 0 Å². The lowest BCUT2D eigenvalue weighted by Crippen LogP contribution is -2.21. The minimum atomic E-state index is -1.12. The zero-order chi connectivity index (χ0) is 11.5. The molecular formula is C13H14O2. The normalized spacial score (nSPS) is 13.8. The van der Waals surface area contributed by atoms with E-state index in [0.717, 1.165) is 0 Å². The van der Waals surface area contributed by atoms with Crippen molar-refractivity contribution in [1.82, 2.24) is 0 Å². The Balaban J connectivity index is 4.23. The molecule has 0 bridgehead atoms. The molecule has 0 aromatic rings. The molecule has 2 unspecified atom stereocenters. The second kappa shape index (κ2) is 8.84. The Hall–Kier alpha value is -1.74. The molecule has 0 aliphatic heterocycles. The Morgan fingerprint density at radius 1 is 1.27 bits per heavy atom. The molecule has 0 aromatic heterocycles. The Labute approximate surface area is 90.6 Å². The van der Waals surface area contributed by atoms with E-state index in [-0.39, 0.29) is 0 Å². The van der Waals surface area contributed by atoms with E-state index in [0.29, 0.717) is 0 Å². The molecule has 0 heterocycles. The van der Waals surface area contributed by atoms with E-state index < -0.39 is 12.2 Å². The quantitative estimate of drug-likeness (QED) is 0.530. The molecule has 0 radical (unpaired) electrons. The van der Waals surface area contributed by atoms with E-state index in [1.54, 1.807) is 18.2 Å². The fourth-order valence-corrected chi connectivity index (χ4v) is 0.654. The molecule has 0 fully saturated rings. The molecule has 78 valence electrons. The van der Waals surface area contributed by atoms with Gasteiger partial charge in [-0.05, 0) is 24.8 Å². The van der Waals surface area contributed by atoms with Crippen molar-refractivity contribution in [2.45, 2.75) is 19.1 Å². The Kier molecular flexibility index (Phi) is 7.82. The van der Waals surface area contributed by atoms with E-state index in [2.05, 4.69) is 30.3 Å². The van der Waals surface area contributed by atoms with Crippen molar-refractivity contribution in [2.75, 3.05) is 0 Å². The third-order valence-corrected chi connectivity index (χ3v) is 1.37. The highest BCUT2D eigenvalue weighted by Gasteiger charge is 2.08. The topological polar surface area (TPSA) is 40.5 Å². The van der Waals surface area contributed by atoms with Crippen molar-refractivity contribution in [3.8, 4) is 23.7 Å². The molecule has 2 nitrogen and oxygen atoms in total. The molecule has 0 aliphatic carbocycles. The molecule has 0 amide bonds. The maximum atomic E-state index is 9.31. The van der Waals surface area contributed by atoms with Gasteiger partial charge in [0, 0.05) is 0 Å². The van der Waals surface area contributed by atoms with Crippen molar-refractivity contribution >= 4 is 0 Å². The fourth-order valence-electron chi connectivity index (χ4n) is 0.654. The first-order valence-electron chi connectivity index (χ1n) is 4.50. The average molecular weight is 202 g/mol. The van der Waals surface area contributed by atoms with Crippen molar-refractivity contribution in [1.29, 1.82) is 0 Å². The summed E-state index contributed by atoms with van der Waals surface area (Å²) in [5.41, 5.74) is 0. The fraction of sp³-hybridized carbons (Fsp3) is 0.231. The van der Waals surface area contributed by atoms with Gasteiger partial charge in [0.2, 0.25) is 0 Å². The summed E-state index contributed by atoms with van der Waals surface area (Å²) in [7, 11) is 0. The Morgan fingerprint density at radius 2 is 2.00 bits per heavy atom. The number of aliphatic hydroxyl groups is 2. The van der Waals surface area contributed by atoms with E-state index in [1.807, 2.05) is 6.92 Å². The molecule has 2 N–H and O–H groups in total. The molecule has 2 atom stereocenters. The zero-order valence-electron chi connectivity index (χ0n) is 8.64. The second-order valence-corrected chi connectivity index (χ2v) is 2.59. The molecule has 2 heteroatoms. The lowest BCUT2D eigenvalue weighted by Gasteiger charge is -2.05. The van der Waals surface area contributed by atoms with Gasteiger partial charge >= 0.3 is 0 Å². The van der Waals surface area contributed by atoms with Gasteiger partial charge in [-0.2, -0.15) is 0 Å². The Bertz CT molecular complexity index is 355. The van der Waals surface area contributed by atoms with Crippen molar-refractivity contribution in [2.24, 2.45) is 0 Å². The minimum absolute atomic E-state index is 1.01. The highest BCUT2D eigenvalue weighted by molar-refractivity contribution is 5.32. The SMILES string of the molecule is C=C/C=C/C(O)C(O)C#CC#C/C=C/C. The van der Waals surface area contributed by atoms with E-state index in [9.17, 15) is 10.2 Å². The maximum absolute atomic E-state index is 9.31. The average Bonchev–Trinajstić information content (AvgIpc) is 2.25. The molecule has 0 aromatic carbocycles. The second-order valence-electron chi connectivity index (χ2n) is 2.59. The van der Waals surface area contributed by atoms with Crippen LogP contribution in [0.2, 0.25) is 0 Å². The van der Waals surface area contributed by atoms with E-state index in [4.69, 9.17) is 0 Å². The number of rotatable bonds is 3. The third kappa shape index (κ3) is 7.34. The van der Waals surface area contributed by atoms with Gasteiger partial charge in [-0.1, -0.05) is 42.7 Å². The summed E-state index contributed by atoms with van der Waals surface area (Å²) in [4.78, 5) is 0. The van der Waals surface area contributed by atoms with E-state index >= 15 is 0 Å². The molecule has 0 saturated heterocycles. The molecule has 0 aliphatic rings. The largest absolute Gasteiger partial charge is 0.385 e. The predicted octanol–water partition coefficient (Wildman–Crippen LogP) is 1.03. The maximum Gasteiger partial charge on any atom is 0.145 e. The van der Waals surface area contributed by atoms with Crippen molar-refractivity contribution in [3.63, 3.8) is 0 Å². The lowest BCUT2D eigenvalue weighted by atomic mass is 10.2. The van der Waals surface area contributed by atoms with Gasteiger partial charge in [-0.3, -0.25) is 0 Å². The molecule has 0 rings (SSSR count).